The predicted molar refractivity (Wildman–Crippen MR) is 93.9 cm³/mol. The van der Waals surface area contributed by atoms with Crippen molar-refractivity contribution in [2.24, 2.45) is 13.0 Å². The minimum atomic E-state index is 0.0158. The molecule has 4 rings (SSSR count). The molecule has 0 N–H and O–H groups in total. The number of carbonyl (C=O) groups is 1. The molecule has 2 heterocycles. The number of amides is 1. The maximum atomic E-state index is 12.9. The van der Waals surface area contributed by atoms with Gasteiger partial charge in [-0.3, -0.25) is 9.48 Å². The molecule has 0 atom stereocenters. The maximum Gasteiger partial charge on any atom is 0.257 e. The van der Waals surface area contributed by atoms with Gasteiger partial charge < -0.3 is 14.4 Å². The van der Waals surface area contributed by atoms with Gasteiger partial charge in [0.2, 0.25) is 0 Å². The highest BCUT2D eigenvalue weighted by Gasteiger charge is 2.27. The number of fused-ring (bicyclic) bond motifs is 1. The monoisotopic (exact) mass is 341 g/mol. The van der Waals surface area contributed by atoms with E-state index in [-0.39, 0.29) is 5.91 Å². The maximum absolute atomic E-state index is 12.9. The summed E-state index contributed by atoms with van der Waals surface area (Å²) >= 11 is 0. The van der Waals surface area contributed by atoms with E-state index in [2.05, 4.69) is 5.10 Å². The average Bonchev–Trinajstić information content (AvgIpc) is 3.37. The Bertz CT molecular complexity index is 795. The Morgan fingerprint density at radius 2 is 2.04 bits per heavy atom. The standard InChI is InChI=1S/C19H23N3O3/c1-21(11-13-4-5-13)19(23)15-12-22(2)20-18(15)14-6-7-16-17(10-14)25-9-3-8-24-16/h6-7,10,12-13H,3-5,8-9,11H2,1-2H3. The van der Waals surface area contributed by atoms with Gasteiger partial charge in [0.25, 0.3) is 5.91 Å². The van der Waals surface area contributed by atoms with Gasteiger partial charge in [-0.1, -0.05) is 0 Å². The molecule has 1 aromatic heterocycles. The molecule has 0 bridgehead atoms. The van der Waals surface area contributed by atoms with Crippen molar-refractivity contribution in [3.8, 4) is 22.8 Å². The van der Waals surface area contributed by atoms with Crippen molar-refractivity contribution in [3.05, 3.63) is 30.0 Å². The molecule has 6 nitrogen and oxygen atoms in total. The molecule has 0 radical (unpaired) electrons. The van der Waals surface area contributed by atoms with Crippen molar-refractivity contribution in [2.75, 3.05) is 26.8 Å². The van der Waals surface area contributed by atoms with Crippen LogP contribution in [0.3, 0.4) is 0 Å². The number of ether oxygens (including phenoxy) is 2. The minimum Gasteiger partial charge on any atom is -0.490 e. The van der Waals surface area contributed by atoms with Crippen molar-refractivity contribution in [3.63, 3.8) is 0 Å². The van der Waals surface area contributed by atoms with Crippen molar-refractivity contribution in [1.82, 2.24) is 14.7 Å². The van der Waals surface area contributed by atoms with Gasteiger partial charge >= 0.3 is 0 Å². The molecule has 1 aromatic carbocycles. The zero-order chi connectivity index (χ0) is 17.4. The fourth-order valence-electron chi connectivity index (χ4n) is 3.15. The zero-order valence-corrected chi connectivity index (χ0v) is 14.7. The highest BCUT2D eigenvalue weighted by atomic mass is 16.5. The number of hydrogen-bond donors (Lipinski definition) is 0. The van der Waals surface area contributed by atoms with Gasteiger partial charge in [0.1, 0.15) is 5.69 Å². The van der Waals surface area contributed by atoms with E-state index in [9.17, 15) is 4.79 Å². The van der Waals surface area contributed by atoms with E-state index < -0.39 is 0 Å². The molecule has 0 saturated heterocycles. The van der Waals surface area contributed by atoms with Gasteiger partial charge in [-0.2, -0.15) is 5.10 Å². The van der Waals surface area contributed by atoms with Gasteiger partial charge in [-0.25, -0.2) is 0 Å². The second-order valence-electron chi connectivity index (χ2n) is 6.91. The lowest BCUT2D eigenvalue weighted by atomic mass is 10.1. The van der Waals surface area contributed by atoms with E-state index in [1.165, 1.54) is 12.8 Å². The second kappa shape index (κ2) is 6.43. The van der Waals surface area contributed by atoms with Crippen molar-refractivity contribution >= 4 is 5.91 Å². The van der Waals surface area contributed by atoms with Gasteiger partial charge in [0, 0.05) is 38.8 Å². The summed E-state index contributed by atoms with van der Waals surface area (Å²) in [6, 6.07) is 5.75. The normalized spacial score (nSPS) is 16.4. The van der Waals surface area contributed by atoms with Crippen LogP contribution in [-0.2, 0) is 7.05 Å². The van der Waals surface area contributed by atoms with E-state index in [0.717, 1.165) is 24.3 Å². The van der Waals surface area contributed by atoms with E-state index in [4.69, 9.17) is 9.47 Å². The van der Waals surface area contributed by atoms with E-state index >= 15 is 0 Å². The van der Waals surface area contributed by atoms with Crippen LogP contribution in [0.1, 0.15) is 29.6 Å². The lowest BCUT2D eigenvalue weighted by molar-refractivity contribution is 0.0789. The fraction of sp³-hybridized carbons (Fsp3) is 0.474. The Morgan fingerprint density at radius 3 is 2.80 bits per heavy atom. The number of hydrogen-bond acceptors (Lipinski definition) is 4. The molecular weight excluding hydrogens is 318 g/mol. The number of aryl methyl sites for hydroxylation is 1. The molecule has 1 aliphatic carbocycles. The smallest absolute Gasteiger partial charge is 0.257 e. The van der Waals surface area contributed by atoms with E-state index in [0.29, 0.717) is 36.1 Å². The summed E-state index contributed by atoms with van der Waals surface area (Å²) in [5.74, 6) is 2.13. The van der Waals surface area contributed by atoms with Crippen molar-refractivity contribution in [1.29, 1.82) is 0 Å². The first-order valence-corrected chi connectivity index (χ1v) is 8.81. The third-order valence-electron chi connectivity index (χ3n) is 4.66. The van der Waals surface area contributed by atoms with Gasteiger partial charge in [0.15, 0.2) is 11.5 Å². The Kier molecular flexibility index (Phi) is 4.11. The largest absolute Gasteiger partial charge is 0.490 e. The molecular formula is C19H23N3O3. The number of benzene rings is 1. The number of rotatable bonds is 4. The van der Waals surface area contributed by atoms with Crippen LogP contribution in [-0.4, -0.2) is 47.4 Å². The summed E-state index contributed by atoms with van der Waals surface area (Å²) in [6.07, 6.45) is 5.10. The van der Waals surface area contributed by atoms with Crippen molar-refractivity contribution < 1.29 is 14.3 Å². The van der Waals surface area contributed by atoms with Crippen molar-refractivity contribution in [2.45, 2.75) is 19.3 Å². The van der Waals surface area contributed by atoms with Crippen LogP contribution in [0.25, 0.3) is 11.3 Å². The van der Waals surface area contributed by atoms with E-state index in [1.807, 2.05) is 32.3 Å². The zero-order valence-electron chi connectivity index (χ0n) is 14.7. The highest BCUT2D eigenvalue weighted by Crippen LogP contribution is 2.35. The molecule has 0 unspecified atom stereocenters. The van der Waals surface area contributed by atoms with Crippen LogP contribution in [0.5, 0.6) is 11.5 Å². The second-order valence-corrected chi connectivity index (χ2v) is 6.91. The molecule has 2 aromatic rings. The van der Waals surface area contributed by atoms with Gasteiger partial charge in [0.05, 0.1) is 18.8 Å². The fourth-order valence-corrected chi connectivity index (χ4v) is 3.15. The number of carbonyl (C=O) groups excluding carboxylic acids is 1. The molecule has 132 valence electrons. The molecule has 1 saturated carbocycles. The molecule has 25 heavy (non-hydrogen) atoms. The lowest BCUT2D eigenvalue weighted by Gasteiger charge is -2.16. The molecule has 1 aliphatic heterocycles. The molecule has 1 amide bonds. The third-order valence-corrected chi connectivity index (χ3v) is 4.66. The number of aromatic nitrogens is 2. The lowest BCUT2D eigenvalue weighted by Crippen LogP contribution is -2.28. The highest BCUT2D eigenvalue weighted by molar-refractivity contribution is 5.99. The van der Waals surface area contributed by atoms with Gasteiger partial charge in [-0.15, -0.1) is 0 Å². The third kappa shape index (κ3) is 3.34. The van der Waals surface area contributed by atoms with Crippen LogP contribution in [0.15, 0.2) is 24.4 Å². The van der Waals surface area contributed by atoms with Crippen LogP contribution in [0.2, 0.25) is 0 Å². The molecule has 0 spiro atoms. The van der Waals surface area contributed by atoms with E-state index in [1.54, 1.807) is 15.8 Å². The van der Waals surface area contributed by atoms with Crippen LogP contribution < -0.4 is 9.47 Å². The summed E-state index contributed by atoms with van der Waals surface area (Å²) in [6.45, 7) is 2.11. The Hall–Kier alpha value is -2.50. The predicted octanol–water partition coefficient (Wildman–Crippen LogP) is 2.73. The summed E-state index contributed by atoms with van der Waals surface area (Å²) in [5, 5.41) is 4.52. The summed E-state index contributed by atoms with van der Waals surface area (Å²) < 4.78 is 13.1. The summed E-state index contributed by atoms with van der Waals surface area (Å²) in [5.41, 5.74) is 2.18. The van der Waals surface area contributed by atoms with Gasteiger partial charge in [-0.05, 0) is 37.0 Å². The first-order chi connectivity index (χ1) is 12.1. The quantitative estimate of drug-likeness (QED) is 0.858. The number of nitrogens with zero attached hydrogens (tertiary/aromatic N) is 3. The summed E-state index contributed by atoms with van der Waals surface area (Å²) in [7, 11) is 3.70. The first-order valence-electron chi connectivity index (χ1n) is 8.81. The molecule has 2 aliphatic rings. The SMILES string of the molecule is CN(CC1CC1)C(=O)c1cn(C)nc1-c1ccc2c(c1)OCCCO2. The minimum absolute atomic E-state index is 0.0158. The topological polar surface area (TPSA) is 56.6 Å². The summed E-state index contributed by atoms with van der Waals surface area (Å²) in [4.78, 5) is 14.7. The average molecular weight is 341 g/mol. The Labute approximate surface area is 147 Å². The molecule has 1 fully saturated rings. The Balaban J connectivity index is 1.66. The van der Waals surface area contributed by atoms with Crippen LogP contribution in [0, 0.1) is 5.92 Å². The van der Waals surface area contributed by atoms with Crippen LogP contribution >= 0.6 is 0 Å². The van der Waals surface area contributed by atoms with Crippen LogP contribution in [0.4, 0.5) is 0 Å². The first kappa shape index (κ1) is 16.0. The molecule has 6 heteroatoms. The Morgan fingerprint density at radius 1 is 1.28 bits per heavy atom.